The Morgan fingerprint density at radius 3 is 2.87 bits per heavy atom. The molecule has 1 aromatic carbocycles. The number of halogens is 1. The molecule has 0 radical (unpaired) electrons. The highest BCUT2D eigenvalue weighted by atomic mass is 79.9. The summed E-state index contributed by atoms with van der Waals surface area (Å²) in [6, 6.07) is 5.51. The van der Waals surface area contributed by atoms with E-state index < -0.39 is 0 Å². The van der Waals surface area contributed by atoms with Gasteiger partial charge in [-0.3, -0.25) is 0 Å². The van der Waals surface area contributed by atoms with Gasteiger partial charge in [0.15, 0.2) is 0 Å². The molecule has 0 aliphatic heterocycles. The molecule has 0 bridgehead atoms. The van der Waals surface area contributed by atoms with E-state index in [0.717, 1.165) is 23.1 Å². The Hall–Kier alpha value is -1.03. The summed E-state index contributed by atoms with van der Waals surface area (Å²) in [4.78, 5) is 11.5. The molecule has 15 heavy (non-hydrogen) atoms. The molecule has 0 heterocycles. The van der Waals surface area contributed by atoms with Crippen molar-refractivity contribution < 1.29 is 9.53 Å². The van der Waals surface area contributed by atoms with E-state index in [9.17, 15) is 4.79 Å². The number of carbonyl (C=O) groups is 1. The molecule has 0 aromatic heterocycles. The highest BCUT2D eigenvalue weighted by Gasteiger charge is 2.11. The molecule has 1 rings (SSSR count). The van der Waals surface area contributed by atoms with Crippen molar-refractivity contribution in [2.24, 2.45) is 0 Å². The molecule has 0 atom stereocenters. The standard InChI is InChI=1S/C11H14BrNO2/c1-3-6-13-10-5-4-8(12)7-9(10)11(14)15-2/h4-5,7,13H,3,6H2,1-2H3. The molecule has 0 unspecified atom stereocenters. The lowest BCUT2D eigenvalue weighted by molar-refractivity contribution is 0.0601. The van der Waals surface area contributed by atoms with E-state index >= 15 is 0 Å². The normalized spacial score (nSPS) is 9.80. The fraction of sp³-hybridized carbons (Fsp3) is 0.364. The van der Waals surface area contributed by atoms with Crippen LogP contribution in [-0.4, -0.2) is 19.6 Å². The third-order valence-electron chi connectivity index (χ3n) is 1.95. The van der Waals surface area contributed by atoms with Gasteiger partial charge in [0.25, 0.3) is 0 Å². The number of carbonyl (C=O) groups excluding carboxylic acids is 1. The van der Waals surface area contributed by atoms with Crippen molar-refractivity contribution in [3.8, 4) is 0 Å². The van der Waals surface area contributed by atoms with Crippen molar-refractivity contribution in [1.82, 2.24) is 0 Å². The smallest absolute Gasteiger partial charge is 0.340 e. The third-order valence-corrected chi connectivity index (χ3v) is 2.45. The van der Waals surface area contributed by atoms with Gasteiger partial charge >= 0.3 is 5.97 Å². The molecule has 82 valence electrons. The van der Waals surface area contributed by atoms with Gasteiger partial charge in [-0.25, -0.2) is 4.79 Å². The first kappa shape index (κ1) is 12.0. The van der Waals surface area contributed by atoms with E-state index in [1.165, 1.54) is 7.11 Å². The van der Waals surface area contributed by atoms with Crippen molar-refractivity contribution in [3.05, 3.63) is 28.2 Å². The molecule has 0 fully saturated rings. The van der Waals surface area contributed by atoms with Gasteiger partial charge < -0.3 is 10.1 Å². The lowest BCUT2D eigenvalue weighted by atomic mass is 10.2. The zero-order valence-corrected chi connectivity index (χ0v) is 10.4. The Morgan fingerprint density at radius 1 is 1.53 bits per heavy atom. The quantitative estimate of drug-likeness (QED) is 0.856. The highest BCUT2D eigenvalue weighted by Crippen LogP contribution is 2.21. The van der Waals surface area contributed by atoms with Gasteiger partial charge in [-0.1, -0.05) is 22.9 Å². The number of anilines is 1. The Morgan fingerprint density at radius 2 is 2.27 bits per heavy atom. The SMILES string of the molecule is CCCNc1ccc(Br)cc1C(=O)OC. The maximum Gasteiger partial charge on any atom is 0.340 e. The van der Waals surface area contributed by atoms with E-state index in [4.69, 9.17) is 4.74 Å². The number of hydrogen-bond donors (Lipinski definition) is 1. The average molecular weight is 272 g/mol. The highest BCUT2D eigenvalue weighted by molar-refractivity contribution is 9.10. The van der Waals surface area contributed by atoms with Gasteiger partial charge in [-0.15, -0.1) is 0 Å². The van der Waals surface area contributed by atoms with Crippen LogP contribution in [0.4, 0.5) is 5.69 Å². The number of methoxy groups -OCH3 is 1. The van der Waals surface area contributed by atoms with Crippen LogP contribution >= 0.6 is 15.9 Å². The van der Waals surface area contributed by atoms with Gasteiger partial charge in [0, 0.05) is 16.7 Å². The second-order valence-electron chi connectivity index (χ2n) is 3.11. The molecule has 1 N–H and O–H groups in total. The lowest BCUT2D eigenvalue weighted by Crippen LogP contribution is -2.08. The Balaban J connectivity index is 2.97. The Labute approximate surface area is 97.9 Å². The first-order valence-corrected chi connectivity index (χ1v) is 5.60. The monoisotopic (exact) mass is 271 g/mol. The molecule has 0 aliphatic rings. The minimum Gasteiger partial charge on any atom is -0.465 e. The summed E-state index contributed by atoms with van der Waals surface area (Å²) >= 11 is 3.33. The van der Waals surface area contributed by atoms with Crippen molar-refractivity contribution in [2.75, 3.05) is 19.0 Å². The number of benzene rings is 1. The largest absolute Gasteiger partial charge is 0.465 e. The number of esters is 1. The van der Waals surface area contributed by atoms with Gasteiger partial charge in [0.2, 0.25) is 0 Å². The number of rotatable bonds is 4. The molecule has 0 aliphatic carbocycles. The van der Waals surface area contributed by atoms with Crippen LogP contribution in [0.3, 0.4) is 0 Å². The van der Waals surface area contributed by atoms with Gasteiger partial charge in [0.05, 0.1) is 12.7 Å². The molecule has 1 aromatic rings. The zero-order valence-electron chi connectivity index (χ0n) is 8.84. The van der Waals surface area contributed by atoms with Gasteiger partial charge in [-0.05, 0) is 24.6 Å². The van der Waals surface area contributed by atoms with Gasteiger partial charge in [0.1, 0.15) is 0 Å². The molecule has 0 spiro atoms. The topological polar surface area (TPSA) is 38.3 Å². The second-order valence-corrected chi connectivity index (χ2v) is 4.02. The van der Waals surface area contributed by atoms with Crippen LogP contribution in [0.1, 0.15) is 23.7 Å². The van der Waals surface area contributed by atoms with Crippen LogP contribution in [0.5, 0.6) is 0 Å². The van der Waals surface area contributed by atoms with E-state index in [2.05, 4.69) is 28.2 Å². The molecule has 0 saturated heterocycles. The van der Waals surface area contributed by atoms with E-state index in [0.29, 0.717) is 5.56 Å². The van der Waals surface area contributed by atoms with Crippen LogP contribution in [0.25, 0.3) is 0 Å². The Kier molecular flexibility index (Phi) is 4.62. The maximum absolute atomic E-state index is 11.5. The summed E-state index contributed by atoms with van der Waals surface area (Å²) in [6.07, 6.45) is 1.01. The second kappa shape index (κ2) is 5.75. The summed E-state index contributed by atoms with van der Waals surface area (Å²) in [6.45, 7) is 2.91. The molecular formula is C11H14BrNO2. The summed E-state index contributed by atoms with van der Waals surface area (Å²) in [5, 5.41) is 3.18. The van der Waals surface area contributed by atoms with E-state index in [1.54, 1.807) is 6.07 Å². The molecule has 0 amide bonds. The van der Waals surface area contributed by atoms with Crippen LogP contribution < -0.4 is 5.32 Å². The van der Waals surface area contributed by atoms with Crippen molar-refractivity contribution >= 4 is 27.6 Å². The first-order chi connectivity index (χ1) is 7.19. The number of ether oxygens (including phenoxy) is 1. The van der Waals surface area contributed by atoms with Crippen molar-refractivity contribution in [1.29, 1.82) is 0 Å². The average Bonchev–Trinajstić information content (AvgIpc) is 2.26. The van der Waals surface area contributed by atoms with Crippen LogP contribution in [0.2, 0.25) is 0 Å². The Bertz CT molecular complexity index is 352. The summed E-state index contributed by atoms with van der Waals surface area (Å²) in [7, 11) is 1.38. The van der Waals surface area contributed by atoms with Gasteiger partial charge in [-0.2, -0.15) is 0 Å². The first-order valence-electron chi connectivity index (χ1n) is 4.80. The number of hydrogen-bond acceptors (Lipinski definition) is 3. The summed E-state index contributed by atoms with van der Waals surface area (Å²) in [5.74, 6) is -0.324. The van der Waals surface area contributed by atoms with Crippen molar-refractivity contribution in [2.45, 2.75) is 13.3 Å². The molecule has 4 heteroatoms. The lowest BCUT2D eigenvalue weighted by Gasteiger charge is -2.10. The third kappa shape index (κ3) is 3.23. The van der Waals surface area contributed by atoms with E-state index in [-0.39, 0.29) is 5.97 Å². The minimum absolute atomic E-state index is 0.324. The fourth-order valence-corrected chi connectivity index (χ4v) is 1.57. The van der Waals surface area contributed by atoms with E-state index in [1.807, 2.05) is 12.1 Å². The fourth-order valence-electron chi connectivity index (χ4n) is 1.21. The predicted molar refractivity (Wildman–Crippen MR) is 64.3 cm³/mol. The maximum atomic E-state index is 11.5. The molecule has 3 nitrogen and oxygen atoms in total. The molecule has 0 saturated carbocycles. The van der Waals surface area contributed by atoms with Crippen molar-refractivity contribution in [3.63, 3.8) is 0 Å². The van der Waals surface area contributed by atoms with Crippen LogP contribution in [0, 0.1) is 0 Å². The number of nitrogens with one attached hydrogen (secondary N) is 1. The summed E-state index contributed by atoms with van der Waals surface area (Å²) < 4.78 is 5.58. The zero-order chi connectivity index (χ0) is 11.3. The predicted octanol–water partition coefficient (Wildman–Crippen LogP) is 3.06. The minimum atomic E-state index is -0.324. The molecular weight excluding hydrogens is 258 g/mol. The van der Waals surface area contributed by atoms with Crippen LogP contribution in [-0.2, 0) is 4.74 Å². The van der Waals surface area contributed by atoms with Crippen LogP contribution in [0.15, 0.2) is 22.7 Å². The summed E-state index contributed by atoms with van der Waals surface area (Å²) in [5.41, 5.74) is 1.37.